The predicted molar refractivity (Wildman–Crippen MR) is 106 cm³/mol. The van der Waals surface area contributed by atoms with E-state index in [0.29, 0.717) is 22.9 Å². The van der Waals surface area contributed by atoms with E-state index in [1.165, 1.54) is 16.7 Å². The van der Waals surface area contributed by atoms with Crippen molar-refractivity contribution in [3.63, 3.8) is 0 Å². The molecule has 0 aliphatic carbocycles. The Morgan fingerprint density at radius 2 is 1.69 bits per heavy atom. The first kappa shape index (κ1) is 19.2. The Bertz CT molecular complexity index is 793. The molecule has 3 rings (SSSR count). The third-order valence-electron chi connectivity index (χ3n) is 5.06. The van der Waals surface area contributed by atoms with Crippen LogP contribution in [0.15, 0.2) is 36.4 Å². The molecule has 0 bridgehead atoms. The summed E-state index contributed by atoms with van der Waals surface area (Å²) in [5.74, 6) is -0.955. The van der Waals surface area contributed by atoms with E-state index in [2.05, 4.69) is 36.9 Å². The number of likely N-dealkylation sites (tertiary alicyclic amines) is 1. The van der Waals surface area contributed by atoms with Gasteiger partial charge in [0.05, 0.1) is 12.0 Å². The zero-order valence-electron chi connectivity index (χ0n) is 15.0. The summed E-state index contributed by atoms with van der Waals surface area (Å²) in [4.78, 5) is 13.6. The lowest BCUT2D eigenvalue weighted by Crippen LogP contribution is -2.39. The van der Waals surface area contributed by atoms with Crippen LogP contribution in [0.4, 0.5) is 0 Å². The summed E-state index contributed by atoms with van der Waals surface area (Å²) in [6.07, 6.45) is 1.31. The number of aliphatic carboxylic acids is 1. The van der Waals surface area contributed by atoms with Crippen LogP contribution in [-0.4, -0.2) is 29.1 Å². The third kappa shape index (κ3) is 4.22. The van der Waals surface area contributed by atoms with Gasteiger partial charge in [-0.15, -0.1) is 0 Å². The molecule has 1 unspecified atom stereocenters. The van der Waals surface area contributed by atoms with Crippen molar-refractivity contribution in [1.29, 1.82) is 0 Å². The molecule has 0 amide bonds. The van der Waals surface area contributed by atoms with Gasteiger partial charge in [0.25, 0.3) is 0 Å². The molecule has 2 aromatic carbocycles. The number of carbonyl (C=O) groups is 1. The maximum Gasteiger partial charge on any atom is 0.306 e. The van der Waals surface area contributed by atoms with E-state index in [-0.39, 0.29) is 12.0 Å². The van der Waals surface area contributed by atoms with Crippen LogP contribution in [0, 0.1) is 19.8 Å². The van der Waals surface area contributed by atoms with Gasteiger partial charge in [-0.3, -0.25) is 9.69 Å². The number of piperidine rings is 1. The molecule has 1 aliphatic rings. The van der Waals surface area contributed by atoms with Crippen LogP contribution >= 0.6 is 23.2 Å². The average molecular weight is 392 g/mol. The molecule has 1 aliphatic heterocycles. The van der Waals surface area contributed by atoms with Crippen molar-refractivity contribution in [3.8, 4) is 0 Å². The van der Waals surface area contributed by atoms with E-state index in [0.717, 1.165) is 18.7 Å². The first-order valence-electron chi connectivity index (χ1n) is 8.85. The second-order valence-electron chi connectivity index (χ2n) is 7.14. The van der Waals surface area contributed by atoms with Crippen LogP contribution in [0.5, 0.6) is 0 Å². The smallest absolute Gasteiger partial charge is 0.306 e. The molecule has 0 spiro atoms. The van der Waals surface area contributed by atoms with Gasteiger partial charge < -0.3 is 5.11 Å². The van der Waals surface area contributed by atoms with Crippen molar-refractivity contribution in [1.82, 2.24) is 4.90 Å². The summed E-state index contributed by atoms with van der Waals surface area (Å²) in [6, 6.07) is 12.1. The van der Waals surface area contributed by atoms with Gasteiger partial charge in [0, 0.05) is 10.0 Å². The van der Waals surface area contributed by atoms with E-state index < -0.39 is 5.97 Å². The van der Waals surface area contributed by atoms with Gasteiger partial charge in [0.1, 0.15) is 0 Å². The van der Waals surface area contributed by atoms with Crippen molar-refractivity contribution in [2.45, 2.75) is 32.7 Å². The second-order valence-corrected chi connectivity index (χ2v) is 7.98. The lowest BCUT2D eigenvalue weighted by Gasteiger charge is -2.37. The minimum Gasteiger partial charge on any atom is -0.481 e. The Kier molecular flexibility index (Phi) is 5.91. The monoisotopic (exact) mass is 391 g/mol. The van der Waals surface area contributed by atoms with Crippen LogP contribution in [0.25, 0.3) is 0 Å². The summed E-state index contributed by atoms with van der Waals surface area (Å²) < 4.78 is 0. The van der Waals surface area contributed by atoms with Crippen LogP contribution in [0.2, 0.25) is 10.0 Å². The van der Waals surface area contributed by atoms with Crippen molar-refractivity contribution >= 4 is 29.2 Å². The molecule has 1 atom stereocenters. The van der Waals surface area contributed by atoms with Crippen molar-refractivity contribution < 1.29 is 9.90 Å². The maximum absolute atomic E-state index is 11.3. The number of nitrogens with zero attached hydrogens (tertiary/aromatic N) is 1. The van der Waals surface area contributed by atoms with Gasteiger partial charge in [0.15, 0.2) is 0 Å². The minimum absolute atomic E-state index is 0.00638. The third-order valence-corrected chi connectivity index (χ3v) is 5.62. The highest BCUT2D eigenvalue weighted by Gasteiger charge is 2.31. The number of benzene rings is 2. The molecule has 138 valence electrons. The molecule has 1 N–H and O–H groups in total. The predicted octanol–water partition coefficient (Wildman–Crippen LogP) is 5.50. The summed E-state index contributed by atoms with van der Waals surface area (Å²) in [5, 5.41) is 10.5. The van der Waals surface area contributed by atoms with E-state index in [1.54, 1.807) is 6.07 Å². The summed E-state index contributed by atoms with van der Waals surface area (Å²) in [5.41, 5.74) is 4.60. The zero-order valence-corrected chi connectivity index (χ0v) is 16.5. The molecule has 0 aromatic heterocycles. The maximum atomic E-state index is 11.3. The Morgan fingerprint density at radius 1 is 1.08 bits per heavy atom. The lowest BCUT2D eigenvalue weighted by atomic mass is 9.90. The van der Waals surface area contributed by atoms with E-state index in [4.69, 9.17) is 23.2 Å². The van der Waals surface area contributed by atoms with Gasteiger partial charge in [0.2, 0.25) is 0 Å². The number of rotatable bonds is 4. The standard InChI is InChI=1S/C21H23Cl2NO2/c1-13-9-14(2)11-16(10-13)20(18-4-3-17(22)12-19(18)23)24-7-5-15(6-8-24)21(25)26/h3-4,9-12,15,20H,5-8H2,1-2H3,(H,25,26). The fourth-order valence-electron chi connectivity index (χ4n) is 3.88. The second kappa shape index (κ2) is 7.99. The highest BCUT2D eigenvalue weighted by atomic mass is 35.5. The number of carboxylic acid groups (broad SMARTS) is 1. The average Bonchev–Trinajstić information content (AvgIpc) is 2.57. The van der Waals surface area contributed by atoms with E-state index in [1.807, 2.05) is 12.1 Å². The summed E-state index contributed by atoms with van der Waals surface area (Å²) in [7, 11) is 0. The number of halogens is 2. The molecule has 1 fully saturated rings. The number of aryl methyl sites for hydroxylation is 2. The highest BCUT2D eigenvalue weighted by molar-refractivity contribution is 6.35. The minimum atomic E-state index is -0.697. The fraction of sp³-hybridized carbons (Fsp3) is 0.381. The Balaban J connectivity index is 2.01. The Labute approximate surface area is 164 Å². The number of hydrogen-bond acceptors (Lipinski definition) is 2. The van der Waals surface area contributed by atoms with Crippen molar-refractivity contribution in [3.05, 3.63) is 68.7 Å². The van der Waals surface area contributed by atoms with Gasteiger partial charge >= 0.3 is 5.97 Å². The van der Waals surface area contributed by atoms with Crippen LogP contribution in [0.3, 0.4) is 0 Å². The molecule has 1 saturated heterocycles. The molecular formula is C21H23Cl2NO2. The van der Waals surface area contributed by atoms with Crippen LogP contribution in [0.1, 0.15) is 41.1 Å². The lowest BCUT2D eigenvalue weighted by molar-refractivity contribution is -0.143. The molecule has 1 heterocycles. The SMILES string of the molecule is Cc1cc(C)cc(C(c2ccc(Cl)cc2Cl)N2CCC(C(=O)O)CC2)c1. The van der Waals surface area contributed by atoms with E-state index >= 15 is 0 Å². The molecule has 26 heavy (non-hydrogen) atoms. The molecule has 2 aromatic rings. The zero-order chi connectivity index (χ0) is 18.8. The fourth-order valence-corrected chi connectivity index (χ4v) is 4.39. The van der Waals surface area contributed by atoms with Crippen molar-refractivity contribution in [2.24, 2.45) is 5.92 Å². The quantitative estimate of drug-likeness (QED) is 0.747. The first-order valence-corrected chi connectivity index (χ1v) is 9.60. The topological polar surface area (TPSA) is 40.5 Å². The van der Waals surface area contributed by atoms with E-state index in [9.17, 15) is 9.90 Å². The van der Waals surface area contributed by atoms with Gasteiger partial charge in [-0.1, -0.05) is 58.6 Å². The molecule has 0 radical (unpaired) electrons. The number of hydrogen-bond donors (Lipinski definition) is 1. The molecule has 0 saturated carbocycles. The Hall–Kier alpha value is -1.55. The number of carboxylic acids is 1. The first-order chi connectivity index (χ1) is 12.3. The van der Waals surface area contributed by atoms with Crippen LogP contribution < -0.4 is 0 Å². The van der Waals surface area contributed by atoms with Crippen LogP contribution in [-0.2, 0) is 4.79 Å². The highest BCUT2D eigenvalue weighted by Crippen LogP contribution is 2.37. The molecule has 3 nitrogen and oxygen atoms in total. The van der Waals surface area contributed by atoms with Crippen molar-refractivity contribution in [2.75, 3.05) is 13.1 Å². The Morgan fingerprint density at radius 3 is 2.23 bits per heavy atom. The normalized spacial score (nSPS) is 17.2. The van der Waals surface area contributed by atoms with Gasteiger partial charge in [-0.25, -0.2) is 0 Å². The van der Waals surface area contributed by atoms with Gasteiger partial charge in [-0.05, 0) is 63.0 Å². The largest absolute Gasteiger partial charge is 0.481 e. The molecule has 5 heteroatoms. The summed E-state index contributed by atoms with van der Waals surface area (Å²) >= 11 is 12.6. The molecular weight excluding hydrogens is 369 g/mol. The van der Waals surface area contributed by atoms with Gasteiger partial charge in [-0.2, -0.15) is 0 Å². The summed E-state index contributed by atoms with van der Waals surface area (Å²) in [6.45, 7) is 5.64.